The highest BCUT2D eigenvalue weighted by Gasteiger charge is 2.47. The topological polar surface area (TPSA) is 21.8 Å². The molecule has 2 nitrogen and oxygen atoms in total. The Morgan fingerprint density at radius 1 is 1.19 bits per heavy atom. The first-order valence-electron chi connectivity index (χ1n) is 5.34. The van der Waals surface area contributed by atoms with Gasteiger partial charge in [-0.05, 0) is 23.9 Å². The zero-order chi connectivity index (χ0) is 10.7. The lowest BCUT2D eigenvalue weighted by molar-refractivity contribution is 0.178. The molecule has 0 radical (unpaired) electrons. The van der Waals surface area contributed by atoms with E-state index in [9.17, 15) is 0 Å². The van der Waals surface area contributed by atoms with Crippen LogP contribution in [0.4, 0.5) is 0 Å². The van der Waals surface area contributed by atoms with Gasteiger partial charge in [-0.2, -0.15) is 0 Å². The van der Waals surface area contributed by atoms with Crippen LogP contribution in [0.5, 0.6) is 5.75 Å². The normalized spacial score (nSPS) is 25.8. The van der Waals surface area contributed by atoms with Crippen LogP contribution in [0, 0.1) is 6.92 Å². The second-order valence-corrected chi connectivity index (χ2v) is 5.32. The van der Waals surface area contributed by atoms with Gasteiger partial charge in [0.1, 0.15) is 5.75 Å². The first-order valence-corrected chi connectivity index (χ1v) is 6.22. The smallest absolute Gasteiger partial charge is 0.237 e. The number of hydrogen-bond donors (Lipinski definition) is 0. The number of rotatable bonds is 0. The molecule has 80 valence electrons. The van der Waals surface area contributed by atoms with Gasteiger partial charge in [-0.3, -0.25) is 0 Å². The average molecular weight is 230 g/mol. The van der Waals surface area contributed by atoms with Crippen molar-refractivity contribution >= 4 is 22.5 Å². The highest BCUT2D eigenvalue weighted by molar-refractivity contribution is 8.00. The maximum absolute atomic E-state index is 5.83. The molecule has 2 atom stereocenters. The Labute approximate surface area is 97.5 Å². The Balaban J connectivity index is 2.06. The molecule has 3 heteroatoms. The summed E-state index contributed by atoms with van der Waals surface area (Å²) in [4.78, 5) is 1.20. The van der Waals surface area contributed by atoms with Crippen LogP contribution in [-0.2, 0) is 4.74 Å². The van der Waals surface area contributed by atoms with Gasteiger partial charge in [0.05, 0.1) is 4.90 Å². The van der Waals surface area contributed by atoms with Crippen LogP contribution >= 0.6 is 11.8 Å². The predicted octanol–water partition coefficient (Wildman–Crippen LogP) is 3.32. The lowest BCUT2D eigenvalue weighted by atomic mass is 10.0. The fourth-order valence-corrected chi connectivity index (χ4v) is 3.29. The summed E-state index contributed by atoms with van der Waals surface area (Å²) in [5.74, 6) is 0.991. The summed E-state index contributed by atoms with van der Waals surface area (Å²) in [7, 11) is 0. The molecule has 2 aliphatic heterocycles. The predicted molar refractivity (Wildman–Crippen MR) is 63.8 cm³/mol. The van der Waals surface area contributed by atoms with Gasteiger partial charge in [-0.15, -0.1) is 0 Å². The summed E-state index contributed by atoms with van der Waals surface area (Å²) in [6.07, 6.45) is -0.0244. The zero-order valence-corrected chi connectivity index (χ0v) is 9.58. The first kappa shape index (κ1) is 8.90. The Morgan fingerprint density at radius 3 is 2.88 bits per heavy atom. The van der Waals surface area contributed by atoms with Crippen molar-refractivity contribution in [3.8, 4) is 5.75 Å². The molecule has 1 saturated heterocycles. The molecular weight excluding hydrogens is 220 g/mol. The van der Waals surface area contributed by atoms with Crippen molar-refractivity contribution in [2.75, 3.05) is 0 Å². The summed E-state index contributed by atoms with van der Waals surface area (Å²) in [5.41, 5.74) is 1.51. The second-order valence-electron chi connectivity index (χ2n) is 4.17. The van der Waals surface area contributed by atoms with E-state index in [4.69, 9.17) is 9.47 Å². The molecule has 2 aliphatic rings. The minimum atomic E-state index is -0.0244. The van der Waals surface area contributed by atoms with Gasteiger partial charge in [-0.25, -0.2) is 0 Å². The molecule has 0 aliphatic carbocycles. The summed E-state index contributed by atoms with van der Waals surface area (Å²) in [5, 5.41) is 2.46. The molecule has 1 fully saturated rings. The summed E-state index contributed by atoms with van der Waals surface area (Å²) in [6.45, 7) is 2.14. The van der Waals surface area contributed by atoms with Crippen molar-refractivity contribution in [3.63, 3.8) is 0 Å². The molecule has 0 amide bonds. The van der Waals surface area contributed by atoms with Crippen LogP contribution in [0.1, 0.15) is 5.56 Å². The Kier molecular flexibility index (Phi) is 1.63. The van der Waals surface area contributed by atoms with Gasteiger partial charge in [0.15, 0.2) is 5.44 Å². The third-order valence-electron chi connectivity index (χ3n) is 3.06. The largest absolute Gasteiger partial charge is 0.459 e. The molecule has 2 unspecified atom stereocenters. The lowest BCUT2D eigenvalue weighted by Crippen LogP contribution is -2.07. The highest BCUT2D eigenvalue weighted by atomic mass is 32.2. The highest BCUT2D eigenvalue weighted by Crippen LogP contribution is 2.51. The maximum Gasteiger partial charge on any atom is 0.237 e. The molecule has 0 spiro atoms. The molecule has 4 rings (SSSR count). The third kappa shape index (κ3) is 1.13. The van der Waals surface area contributed by atoms with Crippen LogP contribution in [0.2, 0.25) is 0 Å². The van der Waals surface area contributed by atoms with Crippen molar-refractivity contribution in [3.05, 3.63) is 35.9 Å². The number of ether oxygens (including phenoxy) is 2. The number of hydrogen-bond acceptors (Lipinski definition) is 3. The molecule has 2 aromatic carbocycles. The van der Waals surface area contributed by atoms with E-state index in [1.165, 1.54) is 21.2 Å². The van der Waals surface area contributed by atoms with E-state index in [1.54, 1.807) is 11.8 Å². The summed E-state index contributed by atoms with van der Waals surface area (Å²) >= 11 is 1.77. The molecule has 2 aromatic rings. The van der Waals surface area contributed by atoms with Crippen LogP contribution in [0.25, 0.3) is 10.8 Å². The van der Waals surface area contributed by atoms with Crippen LogP contribution in [0.3, 0.4) is 0 Å². The monoisotopic (exact) mass is 230 g/mol. The molecule has 0 saturated carbocycles. The van der Waals surface area contributed by atoms with Crippen molar-refractivity contribution in [1.82, 2.24) is 0 Å². The SMILES string of the molecule is Cc1cc2c(c3ccccc13)OC1OC1S2. The molecule has 2 heterocycles. The Morgan fingerprint density at radius 2 is 2.00 bits per heavy atom. The van der Waals surface area contributed by atoms with Gasteiger partial charge in [0.2, 0.25) is 6.29 Å². The van der Waals surface area contributed by atoms with Crippen molar-refractivity contribution in [1.29, 1.82) is 0 Å². The molecule has 16 heavy (non-hydrogen) atoms. The van der Waals surface area contributed by atoms with Gasteiger partial charge in [0, 0.05) is 5.39 Å². The standard InChI is InChI=1S/C13H10O2S/c1-7-6-10-11(14-12-13(15-12)16-10)9-5-3-2-4-8(7)9/h2-6,12-13H,1H3. The quantitative estimate of drug-likeness (QED) is 0.648. The van der Waals surface area contributed by atoms with Crippen molar-refractivity contribution in [2.24, 2.45) is 0 Å². The van der Waals surface area contributed by atoms with E-state index < -0.39 is 0 Å². The van der Waals surface area contributed by atoms with E-state index in [0.717, 1.165) is 5.75 Å². The number of benzene rings is 2. The Hall–Kier alpha value is -1.19. The molecule has 0 aromatic heterocycles. The van der Waals surface area contributed by atoms with E-state index in [-0.39, 0.29) is 11.7 Å². The summed E-state index contributed by atoms with van der Waals surface area (Å²) in [6, 6.07) is 10.6. The van der Waals surface area contributed by atoms with Gasteiger partial charge < -0.3 is 9.47 Å². The van der Waals surface area contributed by atoms with E-state index >= 15 is 0 Å². The Bertz CT molecular complexity index is 594. The average Bonchev–Trinajstić information content (AvgIpc) is 3.05. The third-order valence-corrected chi connectivity index (χ3v) is 4.18. The van der Waals surface area contributed by atoms with Crippen LogP contribution in [0.15, 0.2) is 35.2 Å². The minimum Gasteiger partial charge on any atom is -0.459 e. The zero-order valence-electron chi connectivity index (χ0n) is 8.77. The van der Waals surface area contributed by atoms with Gasteiger partial charge >= 0.3 is 0 Å². The fraction of sp³-hybridized carbons (Fsp3) is 0.231. The van der Waals surface area contributed by atoms with E-state index in [0.29, 0.717) is 0 Å². The maximum atomic E-state index is 5.83. The molecule has 0 N–H and O–H groups in total. The van der Waals surface area contributed by atoms with Crippen molar-refractivity contribution < 1.29 is 9.47 Å². The van der Waals surface area contributed by atoms with E-state index in [1.807, 2.05) is 0 Å². The van der Waals surface area contributed by atoms with E-state index in [2.05, 4.69) is 37.3 Å². The summed E-state index contributed by atoms with van der Waals surface area (Å²) < 4.78 is 11.2. The number of epoxide rings is 1. The number of aryl methyl sites for hydroxylation is 1. The van der Waals surface area contributed by atoms with Crippen molar-refractivity contribution in [2.45, 2.75) is 23.5 Å². The molecular formula is C13H10O2S. The molecule has 0 bridgehead atoms. The fourth-order valence-electron chi connectivity index (χ4n) is 2.20. The first-order chi connectivity index (χ1) is 7.83. The van der Waals surface area contributed by atoms with Crippen LogP contribution in [-0.4, -0.2) is 11.7 Å². The van der Waals surface area contributed by atoms with Gasteiger partial charge in [0.25, 0.3) is 0 Å². The second kappa shape index (κ2) is 2.93. The van der Waals surface area contributed by atoms with Gasteiger partial charge in [-0.1, -0.05) is 36.0 Å². The number of thioether (sulfide) groups is 1. The minimum absolute atomic E-state index is 0.0244. The lowest BCUT2D eigenvalue weighted by Gasteiger charge is -2.16. The van der Waals surface area contributed by atoms with Crippen LogP contribution < -0.4 is 4.74 Å². The number of fused-ring (bicyclic) bond motifs is 4.